The fourth-order valence-electron chi connectivity index (χ4n) is 2.13. The summed E-state index contributed by atoms with van der Waals surface area (Å²) in [6.45, 7) is 4.39. The Morgan fingerprint density at radius 3 is 2.55 bits per heavy atom. The highest BCUT2D eigenvalue weighted by molar-refractivity contribution is 9.10. The molecule has 2 N–H and O–H groups in total. The van der Waals surface area contributed by atoms with Crippen molar-refractivity contribution in [2.24, 2.45) is 0 Å². The Labute approximate surface area is 126 Å². The number of H-pyrrole nitrogens is 1. The van der Waals surface area contributed by atoms with Crippen LogP contribution in [0.25, 0.3) is 11.0 Å². The van der Waals surface area contributed by atoms with Crippen molar-refractivity contribution in [1.82, 2.24) is 9.97 Å². The molecule has 0 amide bonds. The zero-order valence-corrected chi connectivity index (χ0v) is 13.0. The van der Waals surface area contributed by atoms with E-state index in [9.17, 15) is 0 Å². The zero-order valence-electron chi connectivity index (χ0n) is 11.4. The van der Waals surface area contributed by atoms with Crippen molar-refractivity contribution in [3.63, 3.8) is 0 Å². The van der Waals surface area contributed by atoms with Crippen LogP contribution in [0, 0.1) is 0 Å². The minimum Gasteiger partial charge on any atom is -0.326 e. The van der Waals surface area contributed by atoms with Gasteiger partial charge in [0.1, 0.15) is 0 Å². The van der Waals surface area contributed by atoms with Crippen LogP contribution >= 0.6 is 15.9 Å². The van der Waals surface area contributed by atoms with E-state index >= 15 is 0 Å². The van der Waals surface area contributed by atoms with E-state index in [0.29, 0.717) is 5.92 Å². The van der Waals surface area contributed by atoms with Gasteiger partial charge in [-0.3, -0.25) is 0 Å². The maximum absolute atomic E-state index is 4.52. The van der Waals surface area contributed by atoms with Crippen LogP contribution in [-0.4, -0.2) is 9.97 Å². The van der Waals surface area contributed by atoms with Crippen LogP contribution in [0.1, 0.15) is 25.3 Å². The summed E-state index contributed by atoms with van der Waals surface area (Å²) in [6.07, 6.45) is 0. The van der Waals surface area contributed by atoms with Gasteiger partial charge in [-0.2, -0.15) is 0 Å². The molecule has 3 nitrogen and oxygen atoms in total. The Kier molecular flexibility index (Phi) is 3.49. The van der Waals surface area contributed by atoms with E-state index in [2.05, 4.69) is 69.3 Å². The molecule has 2 aromatic carbocycles. The summed E-state index contributed by atoms with van der Waals surface area (Å²) in [5.74, 6) is 1.31. The lowest BCUT2D eigenvalue weighted by Crippen LogP contribution is -1.93. The molecule has 0 saturated heterocycles. The Morgan fingerprint density at radius 1 is 1.10 bits per heavy atom. The molecule has 0 unspecified atom stereocenters. The van der Waals surface area contributed by atoms with Gasteiger partial charge in [0.15, 0.2) is 0 Å². The number of halogens is 1. The lowest BCUT2D eigenvalue weighted by Gasteiger charge is -2.07. The van der Waals surface area contributed by atoms with Crippen LogP contribution in [-0.2, 0) is 0 Å². The predicted octanol–water partition coefficient (Wildman–Crippen LogP) is 5.19. The van der Waals surface area contributed by atoms with E-state index < -0.39 is 0 Å². The highest BCUT2D eigenvalue weighted by atomic mass is 79.9. The second-order valence-corrected chi connectivity index (χ2v) is 6.06. The third-order valence-corrected chi connectivity index (χ3v) is 3.78. The van der Waals surface area contributed by atoms with Crippen LogP contribution in [0.5, 0.6) is 0 Å². The standard InChI is InChI=1S/C16H16BrN3/c1-10(2)11-3-6-13(7-4-11)18-16-19-14-8-5-12(17)9-15(14)20-16/h3-10H,1-2H3,(H2,18,19,20). The third-order valence-electron chi connectivity index (χ3n) is 3.28. The molecule has 1 heterocycles. The summed E-state index contributed by atoms with van der Waals surface area (Å²) in [4.78, 5) is 7.79. The molecule has 102 valence electrons. The Balaban J connectivity index is 1.85. The molecule has 4 heteroatoms. The SMILES string of the molecule is CC(C)c1ccc(Nc2nc3ccc(Br)cc3[nH]2)cc1. The van der Waals surface area contributed by atoms with Gasteiger partial charge in [0.2, 0.25) is 5.95 Å². The van der Waals surface area contributed by atoms with Gasteiger partial charge in [-0.05, 0) is 41.8 Å². The summed E-state index contributed by atoms with van der Waals surface area (Å²) >= 11 is 3.46. The molecule has 0 aliphatic rings. The van der Waals surface area contributed by atoms with Gasteiger partial charge in [0, 0.05) is 10.2 Å². The number of fused-ring (bicyclic) bond motifs is 1. The van der Waals surface area contributed by atoms with Crippen molar-refractivity contribution in [2.45, 2.75) is 19.8 Å². The van der Waals surface area contributed by atoms with Gasteiger partial charge in [-0.15, -0.1) is 0 Å². The van der Waals surface area contributed by atoms with E-state index in [1.165, 1.54) is 5.56 Å². The van der Waals surface area contributed by atoms with Gasteiger partial charge in [0.25, 0.3) is 0 Å². The number of benzene rings is 2. The molecule has 3 aromatic rings. The molecule has 0 aliphatic carbocycles. The summed E-state index contributed by atoms with van der Waals surface area (Å²) in [7, 11) is 0. The molecule has 0 atom stereocenters. The summed E-state index contributed by atoms with van der Waals surface area (Å²) in [5.41, 5.74) is 4.34. The highest BCUT2D eigenvalue weighted by Crippen LogP contribution is 2.22. The Bertz CT molecular complexity index is 729. The summed E-state index contributed by atoms with van der Waals surface area (Å²) < 4.78 is 1.04. The molecule has 20 heavy (non-hydrogen) atoms. The number of imidazole rings is 1. The molecule has 3 rings (SSSR count). The highest BCUT2D eigenvalue weighted by Gasteiger charge is 2.04. The number of aromatic nitrogens is 2. The van der Waals surface area contributed by atoms with E-state index in [1.807, 2.05) is 18.2 Å². The van der Waals surface area contributed by atoms with Crippen LogP contribution in [0.3, 0.4) is 0 Å². The first kappa shape index (κ1) is 13.2. The van der Waals surface area contributed by atoms with Gasteiger partial charge in [-0.25, -0.2) is 4.98 Å². The van der Waals surface area contributed by atoms with E-state index in [-0.39, 0.29) is 0 Å². The van der Waals surface area contributed by atoms with Crippen molar-refractivity contribution in [2.75, 3.05) is 5.32 Å². The van der Waals surface area contributed by atoms with Crippen LogP contribution < -0.4 is 5.32 Å². The first-order valence-electron chi connectivity index (χ1n) is 6.64. The quantitative estimate of drug-likeness (QED) is 0.693. The van der Waals surface area contributed by atoms with Crippen LogP contribution in [0.15, 0.2) is 46.9 Å². The zero-order chi connectivity index (χ0) is 14.1. The number of nitrogens with one attached hydrogen (secondary N) is 2. The first-order chi connectivity index (χ1) is 9.61. The number of nitrogens with zero attached hydrogens (tertiary/aromatic N) is 1. The topological polar surface area (TPSA) is 40.7 Å². The molecular formula is C16H16BrN3. The number of aromatic amines is 1. The number of hydrogen-bond donors (Lipinski definition) is 2. The maximum atomic E-state index is 4.52. The smallest absolute Gasteiger partial charge is 0.205 e. The average Bonchev–Trinajstić information content (AvgIpc) is 2.80. The lowest BCUT2D eigenvalue weighted by molar-refractivity contribution is 0.867. The molecule has 0 saturated carbocycles. The second kappa shape index (κ2) is 5.29. The Hall–Kier alpha value is -1.81. The van der Waals surface area contributed by atoms with Crippen molar-refractivity contribution < 1.29 is 0 Å². The van der Waals surface area contributed by atoms with Gasteiger partial charge >= 0.3 is 0 Å². The van der Waals surface area contributed by atoms with E-state index in [0.717, 1.165) is 27.1 Å². The van der Waals surface area contributed by atoms with Crippen LogP contribution in [0.4, 0.5) is 11.6 Å². The largest absolute Gasteiger partial charge is 0.326 e. The Morgan fingerprint density at radius 2 is 1.85 bits per heavy atom. The fourth-order valence-corrected chi connectivity index (χ4v) is 2.49. The summed E-state index contributed by atoms with van der Waals surface area (Å²) in [5, 5.41) is 3.30. The molecule has 0 spiro atoms. The number of hydrogen-bond acceptors (Lipinski definition) is 2. The van der Waals surface area contributed by atoms with Crippen molar-refractivity contribution in [3.8, 4) is 0 Å². The first-order valence-corrected chi connectivity index (χ1v) is 7.43. The van der Waals surface area contributed by atoms with Gasteiger partial charge in [0.05, 0.1) is 11.0 Å². The number of anilines is 2. The normalized spacial score (nSPS) is 11.2. The van der Waals surface area contributed by atoms with Gasteiger partial charge < -0.3 is 10.3 Å². The van der Waals surface area contributed by atoms with Crippen molar-refractivity contribution in [3.05, 3.63) is 52.5 Å². The average molecular weight is 330 g/mol. The molecule has 0 aliphatic heterocycles. The van der Waals surface area contributed by atoms with Crippen molar-refractivity contribution >= 4 is 38.6 Å². The predicted molar refractivity (Wildman–Crippen MR) is 87.6 cm³/mol. The molecule has 1 aromatic heterocycles. The van der Waals surface area contributed by atoms with Gasteiger partial charge in [-0.1, -0.05) is 41.9 Å². The van der Waals surface area contributed by atoms with Crippen molar-refractivity contribution in [1.29, 1.82) is 0 Å². The van der Waals surface area contributed by atoms with E-state index in [4.69, 9.17) is 0 Å². The second-order valence-electron chi connectivity index (χ2n) is 5.15. The maximum Gasteiger partial charge on any atom is 0.205 e. The minimum absolute atomic E-state index is 0.549. The van der Waals surface area contributed by atoms with E-state index in [1.54, 1.807) is 0 Å². The number of rotatable bonds is 3. The van der Waals surface area contributed by atoms with Crippen LogP contribution in [0.2, 0.25) is 0 Å². The lowest BCUT2D eigenvalue weighted by atomic mass is 10.0. The monoisotopic (exact) mass is 329 g/mol. The third kappa shape index (κ3) is 2.70. The minimum atomic E-state index is 0.549. The molecular weight excluding hydrogens is 314 g/mol. The molecule has 0 radical (unpaired) electrons. The fraction of sp³-hybridized carbons (Fsp3) is 0.188. The molecule has 0 fully saturated rings. The summed E-state index contributed by atoms with van der Waals surface area (Å²) in [6, 6.07) is 14.5. The molecule has 0 bridgehead atoms.